The Labute approximate surface area is 95.6 Å². The Balaban J connectivity index is 1.88. The van der Waals surface area contributed by atoms with Crippen LogP contribution in [0.4, 0.5) is 0 Å². The van der Waals surface area contributed by atoms with Crippen molar-refractivity contribution >= 4 is 11.8 Å². The minimum atomic E-state index is 0.709. The number of fused-ring (bicyclic) bond motifs is 1. The molecule has 1 aromatic carbocycles. The second kappa shape index (κ2) is 3.84. The zero-order valence-electron chi connectivity index (χ0n) is 9.07. The number of hydrogen-bond acceptors (Lipinski definition) is 2. The van der Waals surface area contributed by atoms with Crippen LogP contribution < -0.4 is 5.32 Å². The van der Waals surface area contributed by atoms with Crippen LogP contribution in [0.2, 0.25) is 0 Å². The van der Waals surface area contributed by atoms with Gasteiger partial charge in [-0.25, -0.2) is 0 Å². The zero-order chi connectivity index (χ0) is 10.3. The summed E-state index contributed by atoms with van der Waals surface area (Å²) in [5, 5.41) is 3.53. The van der Waals surface area contributed by atoms with E-state index in [4.69, 9.17) is 0 Å². The van der Waals surface area contributed by atoms with E-state index >= 15 is 0 Å². The van der Waals surface area contributed by atoms with Gasteiger partial charge in [-0.15, -0.1) is 11.8 Å². The number of rotatable bonds is 3. The van der Waals surface area contributed by atoms with E-state index in [1.165, 1.54) is 23.5 Å². The molecule has 0 amide bonds. The lowest BCUT2D eigenvalue weighted by molar-refractivity contribution is 0.442. The lowest BCUT2D eigenvalue weighted by Crippen LogP contribution is -2.34. The molecule has 0 radical (unpaired) electrons. The molecule has 2 heteroatoms. The average molecular weight is 219 g/mol. The Morgan fingerprint density at radius 2 is 2.13 bits per heavy atom. The topological polar surface area (TPSA) is 12.0 Å². The van der Waals surface area contributed by atoms with Crippen molar-refractivity contribution in [3.63, 3.8) is 0 Å². The van der Waals surface area contributed by atoms with Gasteiger partial charge in [0.15, 0.2) is 0 Å². The highest BCUT2D eigenvalue weighted by atomic mass is 32.2. The number of benzene rings is 1. The normalized spacial score (nSPS) is 26.3. The third-order valence-electron chi connectivity index (χ3n) is 3.63. The van der Waals surface area contributed by atoms with Gasteiger partial charge in [0.2, 0.25) is 0 Å². The van der Waals surface area contributed by atoms with Gasteiger partial charge in [-0.3, -0.25) is 0 Å². The smallest absolute Gasteiger partial charge is 0.0169 e. The summed E-state index contributed by atoms with van der Waals surface area (Å²) in [6, 6.07) is 9.62. The van der Waals surface area contributed by atoms with Crippen LogP contribution in [0.1, 0.15) is 24.3 Å². The van der Waals surface area contributed by atoms with Crippen LogP contribution in [0.25, 0.3) is 0 Å². The van der Waals surface area contributed by atoms with E-state index in [0.717, 1.165) is 11.8 Å². The van der Waals surface area contributed by atoms with Crippen molar-refractivity contribution in [2.45, 2.75) is 29.7 Å². The predicted octanol–water partition coefficient (Wildman–Crippen LogP) is 2.87. The van der Waals surface area contributed by atoms with E-state index in [1.54, 1.807) is 5.56 Å². The second-order valence-corrected chi connectivity index (χ2v) is 5.67. The summed E-state index contributed by atoms with van der Waals surface area (Å²) >= 11 is 2.02. The summed E-state index contributed by atoms with van der Waals surface area (Å²) in [6.07, 6.45) is 2.85. The molecule has 1 saturated carbocycles. The molecule has 80 valence electrons. The van der Waals surface area contributed by atoms with Gasteiger partial charge in [0, 0.05) is 22.6 Å². The van der Waals surface area contributed by atoms with Gasteiger partial charge in [-0.05, 0) is 37.4 Å². The van der Waals surface area contributed by atoms with Crippen molar-refractivity contribution in [3.05, 3.63) is 29.8 Å². The molecule has 1 N–H and O–H groups in total. The minimum absolute atomic E-state index is 0.709. The Kier molecular flexibility index (Phi) is 2.49. The molecule has 1 nitrogen and oxygen atoms in total. The molecule has 0 bridgehead atoms. The molecule has 0 aromatic heterocycles. The van der Waals surface area contributed by atoms with Crippen molar-refractivity contribution in [2.75, 3.05) is 12.8 Å². The zero-order valence-corrected chi connectivity index (χ0v) is 9.89. The maximum Gasteiger partial charge on any atom is 0.0169 e. The molecule has 1 aromatic rings. The van der Waals surface area contributed by atoms with Crippen molar-refractivity contribution in [1.82, 2.24) is 5.32 Å². The number of likely N-dealkylation sites (N-methyl/N-ethyl adjacent to an activating group) is 1. The monoisotopic (exact) mass is 219 g/mol. The van der Waals surface area contributed by atoms with Gasteiger partial charge in [-0.2, -0.15) is 0 Å². The lowest BCUT2D eigenvalue weighted by Gasteiger charge is -2.23. The van der Waals surface area contributed by atoms with Crippen molar-refractivity contribution < 1.29 is 0 Å². The first-order valence-corrected chi connectivity index (χ1v) is 6.77. The summed E-state index contributed by atoms with van der Waals surface area (Å²) in [6.45, 7) is 0. The first-order chi connectivity index (χ1) is 7.40. The largest absolute Gasteiger partial charge is 0.316 e. The molecule has 2 unspecified atom stereocenters. The van der Waals surface area contributed by atoms with Crippen LogP contribution in [-0.4, -0.2) is 18.8 Å². The minimum Gasteiger partial charge on any atom is -0.316 e. The molecular formula is C13H17NS. The highest BCUT2D eigenvalue weighted by molar-refractivity contribution is 7.99. The van der Waals surface area contributed by atoms with E-state index < -0.39 is 0 Å². The van der Waals surface area contributed by atoms with E-state index in [9.17, 15) is 0 Å². The fraction of sp³-hybridized carbons (Fsp3) is 0.538. The van der Waals surface area contributed by atoms with E-state index in [-0.39, 0.29) is 0 Å². The van der Waals surface area contributed by atoms with Crippen LogP contribution in [0.15, 0.2) is 29.2 Å². The maximum atomic E-state index is 3.53. The molecule has 0 spiro atoms. The maximum absolute atomic E-state index is 3.53. The Bertz CT molecular complexity index is 359. The van der Waals surface area contributed by atoms with Crippen molar-refractivity contribution in [2.24, 2.45) is 5.92 Å². The van der Waals surface area contributed by atoms with Crippen LogP contribution in [0.5, 0.6) is 0 Å². The van der Waals surface area contributed by atoms with Gasteiger partial charge >= 0.3 is 0 Å². The Hall–Kier alpha value is -0.470. The van der Waals surface area contributed by atoms with Gasteiger partial charge in [0.25, 0.3) is 0 Å². The quantitative estimate of drug-likeness (QED) is 0.839. The van der Waals surface area contributed by atoms with Crippen molar-refractivity contribution in [3.8, 4) is 0 Å². The van der Waals surface area contributed by atoms with E-state index in [2.05, 4.69) is 36.6 Å². The molecule has 0 saturated heterocycles. The summed E-state index contributed by atoms with van der Waals surface area (Å²) in [5.74, 6) is 2.94. The fourth-order valence-electron chi connectivity index (χ4n) is 2.71. The van der Waals surface area contributed by atoms with Crippen LogP contribution in [0.3, 0.4) is 0 Å². The van der Waals surface area contributed by atoms with E-state index in [0.29, 0.717) is 6.04 Å². The van der Waals surface area contributed by atoms with Gasteiger partial charge in [0.1, 0.15) is 0 Å². The molecule has 1 heterocycles. The van der Waals surface area contributed by atoms with Crippen LogP contribution >= 0.6 is 11.8 Å². The lowest BCUT2D eigenvalue weighted by atomic mass is 9.90. The molecule has 1 fully saturated rings. The van der Waals surface area contributed by atoms with E-state index in [1.807, 2.05) is 11.8 Å². The van der Waals surface area contributed by atoms with Crippen molar-refractivity contribution in [1.29, 1.82) is 0 Å². The first-order valence-electron chi connectivity index (χ1n) is 5.79. The second-order valence-electron chi connectivity index (χ2n) is 4.61. The SMILES string of the molecule is CNC(C1CC1)C1CSc2ccccc21. The molecule has 2 aliphatic rings. The molecule has 3 rings (SSSR count). The molecule has 15 heavy (non-hydrogen) atoms. The Morgan fingerprint density at radius 1 is 1.33 bits per heavy atom. The Morgan fingerprint density at radius 3 is 2.87 bits per heavy atom. The van der Waals surface area contributed by atoms with Gasteiger partial charge < -0.3 is 5.32 Å². The first kappa shape index (κ1) is 9.73. The molecular weight excluding hydrogens is 202 g/mol. The van der Waals surface area contributed by atoms with Crippen LogP contribution in [-0.2, 0) is 0 Å². The van der Waals surface area contributed by atoms with Gasteiger partial charge in [0.05, 0.1) is 0 Å². The summed E-state index contributed by atoms with van der Waals surface area (Å²) < 4.78 is 0. The highest BCUT2D eigenvalue weighted by Crippen LogP contribution is 2.46. The fourth-order valence-corrected chi connectivity index (χ4v) is 4.01. The summed E-state index contributed by atoms with van der Waals surface area (Å²) in [5.41, 5.74) is 1.58. The van der Waals surface area contributed by atoms with Crippen LogP contribution in [0, 0.1) is 5.92 Å². The summed E-state index contributed by atoms with van der Waals surface area (Å²) in [7, 11) is 2.12. The number of hydrogen-bond donors (Lipinski definition) is 1. The third-order valence-corrected chi connectivity index (χ3v) is 4.84. The van der Waals surface area contributed by atoms with Gasteiger partial charge in [-0.1, -0.05) is 18.2 Å². The molecule has 1 aliphatic heterocycles. The standard InChI is InChI=1S/C13H17NS/c1-14-13(9-6-7-9)11-8-15-12-5-3-2-4-10(11)12/h2-5,9,11,13-14H,6-8H2,1H3. The highest BCUT2D eigenvalue weighted by Gasteiger charge is 2.38. The number of nitrogens with one attached hydrogen (secondary N) is 1. The molecule has 2 atom stereocenters. The average Bonchev–Trinajstić information content (AvgIpc) is 3.01. The number of thioether (sulfide) groups is 1. The predicted molar refractivity (Wildman–Crippen MR) is 65.5 cm³/mol. The summed E-state index contributed by atoms with van der Waals surface area (Å²) in [4.78, 5) is 1.50. The molecule has 1 aliphatic carbocycles. The third kappa shape index (κ3) is 1.70.